The standard InChI is InChI=1S/C20H26O4S4/c1-3-17(21)23-11-15-13-25-19(27-15)9-7-5-6-8-10-20-26-14-16(28-20)12-24-18(22)4-2/h3-4,13-14,19-20H,1-2,5-12H2. The lowest BCUT2D eigenvalue weighted by atomic mass is 10.1. The van der Waals surface area contributed by atoms with Crippen LogP contribution in [0.4, 0.5) is 0 Å². The lowest BCUT2D eigenvalue weighted by Crippen LogP contribution is -2.02. The zero-order valence-corrected chi connectivity index (χ0v) is 19.1. The molecule has 2 aliphatic rings. The Morgan fingerprint density at radius 3 is 1.64 bits per heavy atom. The topological polar surface area (TPSA) is 52.6 Å². The van der Waals surface area contributed by atoms with Gasteiger partial charge in [-0.25, -0.2) is 9.59 Å². The van der Waals surface area contributed by atoms with Gasteiger partial charge in [-0.2, -0.15) is 0 Å². The molecule has 0 saturated heterocycles. The fraction of sp³-hybridized carbons (Fsp3) is 0.500. The maximum absolute atomic E-state index is 11.1. The average molecular weight is 459 g/mol. The number of carbonyl (C=O) groups is 2. The van der Waals surface area contributed by atoms with Crippen molar-refractivity contribution < 1.29 is 19.1 Å². The molecule has 28 heavy (non-hydrogen) atoms. The Balaban J connectivity index is 1.44. The molecular formula is C20H26O4S4. The predicted octanol–water partition coefficient (Wildman–Crippen LogP) is 6.08. The fourth-order valence-corrected chi connectivity index (χ4v) is 7.66. The monoisotopic (exact) mass is 458 g/mol. The summed E-state index contributed by atoms with van der Waals surface area (Å²) >= 11 is 7.29. The van der Waals surface area contributed by atoms with E-state index in [1.54, 1.807) is 0 Å². The van der Waals surface area contributed by atoms with Gasteiger partial charge in [0.15, 0.2) is 0 Å². The molecule has 0 amide bonds. The minimum atomic E-state index is -0.367. The molecule has 8 heteroatoms. The first-order valence-electron chi connectivity index (χ1n) is 9.21. The summed E-state index contributed by atoms with van der Waals surface area (Å²) in [6.45, 7) is 7.52. The van der Waals surface area contributed by atoms with Crippen LogP contribution in [0, 0.1) is 0 Å². The van der Waals surface area contributed by atoms with Crippen LogP contribution in [0.1, 0.15) is 38.5 Å². The quantitative estimate of drug-likeness (QED) is 0.187. The van der Waals surface area contributed by atoms with Crippen LogP contribution in [0.25, 0.3) is 0 Å². The van der Waals surface area contributed by atoms with Gasteiger partial charge in [0.05, 0.1) is 9.16 Å². The lowest BCUT2D eigenvalue weighted by molar-refractivity contribution is -0.137. The average Bonchev–Trinajstić information content (AvgIpc) is 3.36. The lowest BCUT2D eigenvalue weighted by Gasteiger charge is -2.10. The number of carbonyl (C=O) groups excluding carboxylic acids is 2. The van der Waals surface area contributed by atoms with Gasteiger partial charge in [0.25, 0.3) is 0 Å². The van der Waals surface area contributed by atoms with E-state index >= 15 is 0 Å². The van der Waals surface area contributed by atoms with Crippen LogP contribution in [0.3, 0.4) is 0 Å². The van der Waals surface area contributed by atoms with E-state index in [2.05, 4.69) is 24.0 Å². The number of thioether (sulfide) groups is 4. The molecule has 0 spiro atoms. The Kier molecular flexibility index (Phi) is 11.4. The normalized spacial score (nSPS) is 21.0. The number of ether oxygens (including phenoxy) is 2. The van der Waals surface area contributed by atoms with Gasteiger partial charge >= 0.3 is 11.9 Å². The Hall–Kier alpha value is -0.700. The van der Waals surface area contributed by atoms with E-state index < -0.39 is 0 Å². The summed E-state index contributed by atoms with van der Waals surface area (Å²) in [7, 11) is 0. The van der Waals surface area contributed by atoms with Gasteiger partial charge in [0, 0.05) is 22.0 Å². The third-order valence-electron chi connectivity index (χ3n) is 3.94. The minimum Gasteiger partial charge on any atom is -0.457 e. The summed E-state index contributed by atoms with van der Waals surface area (Å²) < 4.78 is 11.2. The zero-order chi connectivity index (χ0) is 20.2. The molecule has 0 aromatic rings. The second-order valence-corrected chi connectivity index (χ2v) is 11.6. The van der Waals surface area contributed by atoms with Crippen LogP contribution in [0.2, 0.25) is 0 Å². The Morgan fingerprint density at radius 1 is 0.821 bits per heavy atom. The third-order valence-corrected chi connectivity index (χ3v) is 9.48. The first kappa shape index (κ1) is 23.6. The molecular weight excluding hydrogens is 432 g/mol. The highest BCUT2D eigenvalue weighted by Crippen LogP contribution is 2.43. The second-order valence-electron chi connectivity index (χ2n) is 6.15. The summed E-state index contributed by atoms with van der Waals surface area (Å²) in [6.07, 6.45) is 9.70. The molecule has 2 rings (SSSR count). The summed E-state index contributed by atoms with van der Waals surface area (Å²) in [5.74, 6) is -0.734. The van der Waals surface area contributed by atoms with Crippen molar-refractivity contribution in [2.45, 2.75) is 47.7 Å². The van der Waals surface area contributed by atoms with Gasteiger partial charge < -0.3 is 9.47 Å². The molecule has 0 aromatic carbocycles. The summed E-state index contributed by atoms with van der Waals surface area (Å²) in [6, 6.07) is 0. The van der Waals surface area contributed by atoms with Crippen molar-refractivity contribution in [1.82, 2.24) is 0 Å². The maximum Gasteiger partial charge on any atom is 0.330 e. The third kappa shape index (κ3) is 9.20. The number of rotatable bonds is 13. The Labute approximate surface area is 184 Å². The summed E-state index contributed by atoms with van der Waals surface area (Å²) in [5.41, 5.74) is 0. The highest BCUT2D eigenvalue weighted by atomic mass is 32.2. The number of hydrogen-bond donors (Lipinski definition) is 0. The molecule has 0 saturated carbocycles. The second kappa shape index (κ2) is 13.5. The van der Waals surface area contributed by atoms with Crippen molar-refractivity contribution in [2.75, 3.05) is 13.2 Å². The SMILES string of the molecule is C=CC(=O)OCC1=CSC(CCCCCCC2SC=C(COC(=O)C=C)S2)S1. The van der Waals surface area contributed by atoms with Crippen molar-refractivity contribution in [3.05, 3.63) is 45.9 Å². The smallest absolute Gasteiger partial charge is 0.330 e. The van der Waals surface area contributed by atoms with Gasteiger partial charge in [0.1, 0.15) is 13.2 Å². The molecule has 2 unspecified atom stereocenters. The summed E-state index contributed by atoms with van der Waals surface area (Å²) in [4.78, 5) is 24.4. The van der Waals surface area contributed by atoms with Gasteiger partial charge in [-0.15, -0.1) is 47.0 Å². The number of esters is 2. The molecule has 0 fully saturated rings. The van der Waals surface area contributed by atoms with Gasteiger partial charge in [0.2, 0.25) is 0 Å². The van der Waals surface area contributed by atoms with E-state index in [0.717, 1.165) is 9.81 Å². The van der Waals surface area contributed by atoms with Gasteiger partial charge in [-0.05, 0) is 23.7 Å². The zero-order valence-electron chi connectivity index (χ0n) is 15.8. The minimum absolute atomic E-state index is 0.360. The van der Waals surface area contributed by atoms with Crippen molar-refractivity contribution >= 4 is 59.0 Å². The molecule has 0 radical (unpaired) electrons. The van der Waals surface area contributed by atoms with E-state index in [-0.39, 0.29) is 11.9 Å². The molecule has 154 valence electrons. The molecule has 2 heterocycles. The van der Waals surface area contributed by atoms with Crippen LogP contribution in [-0.4, -0.2) is 34.3 Å². The molecule has 4 nitrogen and oxygen atoms in total. The van der Waals surface area contributed by atoms with E-state index in [1.165, 1.54) is 50.7 Å². The first-order chi connectivity index (χ1) is 13.6. The van der Waals surface area contributed by atoms with E-state index in [1.807, 2.05) is 47.0 Å². The molecule has 0 aromatic heterocycles. The van der Waals surface area contributed by atoms with Crippen molar-refractivity contribution in [2.24, 2.45) is 0 Å². The van der Waals surface area contributed by atoms with Crippen LogP contribution < -0.4 is 0 Å². The van der Waals surface area contributed by atoms with Crippen LogP contribution in [0.15, 0.2) is 45.9 Å². The maximum atomic E-state index is 11.1. The predicted molar refractivity (Wildman–Crippen MR) is 124 cm³/mol. The molecule has 0 N–H and O–H groups in total. The van der Waals surface area contributed by atoms with E-state index in [4.69, 9.17) is 9.47 Å². The highest BCUT2D eigenvalue weighted by Gasteiger charge is 2.20. The van der Waals surface area contributed by atoms with Crippen molar-refractivity contribution in [3.8, 4) is 0 Å². The van der Waals surface area contributed by atoms with Crippen LogP contribution in [-0.2, 0) is 19.1 Å². The molecule has 0 bridgehead atoms. The molecule has 2 atom stereocenters. The molecule has 2 aliphatic heterocycles. The van der Waals surface area contributed by atoms with Crippen LogP contribution >= 0.6 is 47.0 Å². The number of unbranched alkanes of at least 4 members (excludes halogenated alkanes) is 3. The Morgan fingerprint density at radius 2 is 1.25 bits per heavy atom. The first-order valence-corrected chi connectivity index (χ1v) is 12.9. The Bertz CT molecular complexity index is 576. The highest BCUT2D eigenvalue weighted by molar-refractivity contribution is 8.23. The molecule has 0 aliphatic carbocycles. The fourth-order valence-electron chi connectivity index (χ4n) is 2.52. The van der Waals surface area contributed by atoms with Gasteiger partial charge in [-0.1, -0.05) is 38.8 Å². The van der Waals surface area contributed by atoms with Crippen molar-refractivity contribution in [1.29, 1.82) is 0 Å². The summed E-state index contributed by atoms with van der Waals surface area (Å²) in [5, 5.41) is 4.22. The van der Waals surface area contributed by atoms with E-state index in [9.17, 15) is 9.59 Å². The largest absolute Gasteiger partial charge is 0.457 e. The van der Waals surface area contributed by atoms with E-state index in [0.29, 0.717) is 22.4 Å². The van der Waals surface area contributed by atoms with Crippen LogP contribution in [0.5, 0.6) is 0 Å². The van der Waals surface area contributed by atoms with Gasteiger partial charge in [-0.3, -0.25) is 0 Å². The number of hydrogen-bond acceptors (Lipinski definition) is 8. The van der Waals surface area contributed by atoms with Crippen molar-refractivity contribution in [3.63, 3.8) is 0 Å².